The summed E-state index contributed by atoms with van der Waals surface area (Å²) in [6.07, 6.45) is 5.83. The normalized spacial score (nSPS) is 26.8. The van der Waals surface area contributed by atoms with Crippen LogP contribution in [0.25, 0.3) is 10.9 Å². The number of hydrogen-bond acceptors (Lipinski definition) is 8. The summed E-state index contributed by atoms with van der Waals surface area (Å²) < 4.78 is 40.4. The molecule has 33 heavy (non-hydrogen) atoms. The van der Waals surface area contributed by atoms with Crippen molar-refractivity contribution in [2.75, 3.05) is 5.75 Å². The van der Waals surface area contributed by atoms with Gasteiger partial charge in [-0.2, -0.15) is 0 Å². The van der Waals surface area contributed by atoms with Crippen LogP contribution in [0.3, 0.4) is 0 Å². The fraction of sp³-hybridized carbons (Fsp3) is 0.391. The predicted molar refractivity (Wildman–Crippen MR) is 122 cm³/mol. The van der Waals surface area contributed by atoms with Crippen LogP contribution >= 0.6 is 0 Å². The molecule has 2 aliphatic rings. The van der Waals surface area contributed by atoms with E-state index in [1.807, 2.05) is 0 Å². The number of aromatic nitrogens is 3. The van der Waals surface area contributed by atoms with E-state index in [-0.39, 0.29) is 35.2 Å². The topological polar surface area (TPSA) is 131 Å². The van der Waals surface area contributed by atoms with Gasteiger partial charge in [0.2, 0.25) is 0 Å². The summed E-state index contributed by atoms with van der Waals surface area (Å²) >= 11 is 0. The first-order chi connectivity index (χ1) is 15.5. The van der Waals surface area contributed by atoms with Crippen molar-refractivity contribution in [3.05, 3.63) is 59.6 Å². The molecule has 1 saturated carbocycles. The van der Waals surface area contributed by atoms with Crippen molar-refractivity contribution in [1.29, 1.82) is 0 Å². The fourth-order valence-corrected chi connectivity index (χ4v) is 7.09. The summed E-state index contributed by atoms with van der Waals surface area (Å²) in [5.41, 5.74) is 6.67. The number of sulfone groups is 1. The van der Waals surface area contributed by atoms with Crippen molar-refractivity contribution < 1.29 is 17.9 Å². The lowest BCUT2D eigenvalue weighted by molar-refractivity contribution is 0.461. The van der Waals surface area contributed by atoms with E-state index in [2.05, 4.69) is 19.9 Å². The number of halogens is 1. The molecule has 0 saturated heterocycles. The van der Waals surface area contributed by atoms with Crippen LogP contribution in [-0.4, -0.2) is 44.8 Å². The summed E-state index contributed by atoms with van der Waals surface area (Å²) in [5.74, 6) is -0.935. The lowest BCUT2D eigenvalue weighted by Gasteiger charge is -2.40. The molecule has 0 unspecified atom stereocenters. The van der Waals surface area contributed by atoms with Crippen LogP contribution in [0, 0.1) is 11.7 Å². The third-order valence-electron chi connectivity index (χ3n) is 6.85. The molecule has 0 amide bonds. The molecule has 172 valence electrons. The number of rotatable bonds is 4. The number of nitrogens with two attached hydrogens (primary N) is 1. The van der Waals surface area contributed by atoms with Gasteiger partial charge < -0.3 is 10.8 Å². The highest BCUT2D eigenvalue weighted by Crippen LogP contribution is 2.49. The second kappa shape index (κ2) is 7.18. The number of hydrogen-bond donors (Lipinski definition) is 2. The molecule has 1 aliphatic heterocycles. The molecule has 0 radical (unpaired) electrons. The Morgan fingerprint density at radius 3 is 2.64 bits per heavy atom. The standard InChI is InChI=1S/C23H24FN5O3S/c1-22(12-33(31,32)23(2,14-3-4-14)21(25)29-22)17-8-15(27-11-18(17)24)9-19-20-13(5-6-26-19)7-16(30)10-28-20/h5-8,10-11,14,30H,3-4,9,12H2,1-2H3,(H2,25,29)/t22-,23-/m0/s1. The summed E-state index contributed by atoms with van der Waals surface area (Å²) in [7, 11) is -3.68. The van der Waals surface area contributed by atoms with Gasteiger partial charge in [0.25, 0.3) is 0 Å². The molecule has 3 N–H and O–H groups in total. The Hall–Kier alpha value is -3.14. The number of pyridine rings is 3. The molecule has 5 rings (SSSR count). The quantitative estimate of drug-likeness (QED) is 0.600. The van der Waals surface area contributed by atoms with Gasteiger partial charge >= 0.3 is 0 Å². The Labute approximate surface area is 190 Å². The van der Waals surface area contributed by atoms with Gasteiger partial charge in [-0.25, -0.2) is 12.8 Å². The zero-order valence-corrected chi connectivity index (χ0v) is 19.1. The van der Waals surface area contributed by atoms with Crippen molar-refractivity contribution in [2.24, 2.45) is 16.6 Å². The van der Waals surface area contributed by atoms with Crippen molar-refractivity contribution in [3.8, 4) is 5.75 Å². The Balaban J connectivity index is 1.56. The Bertz CT molecular complexity index is 1420. The number of amidine groups is 1. The van der Waals surface area contributed by atoms with Crippen molar-refractivity contribution >= 4 is 26.6 Å². The number of aromatic hydroxyl groups is 1. The van der Waals surface area contributed by atoms with E-state index in [9.17, 15) is 17.9 Å². The van der Waals surface area contributed by atoms with Gasteiger partial charge in [-0.3, -0.25) is 19.9 Å². The first-order valence-electron chi connectivity index (χ1n) is 10.7. The first kappa shape index (κ1) is 21.7. The number of nitrogens with zero attached hydrogens (tertiary/aromatic N) is 4. The van der Waals surface area contributed by atoms with E-state index in [4.69, 9.17) is 5.73 Å². The molecule has 1 aliphatic carbocycles. The third-order valence-corrected chi connectivity index (χ3v) is 9.63. The minimum absolute atomic E-state index is 0.0382. The van der Waals surface area contributed by atoms with Gasteiger partial charge in [-0.15, -0.1) is 0 Å². The first-order valence-corrected chi connectivity index (χ1v) is 12.3. The van der Waals surface area contributed by atoms with Crippen LogP contribution in [-0.2, 0) is 21.8 Å². The molecule has 3 aromatic heterocycles. The van der Waals surface area contributed by atoms with Crippen molar-refractivity contribution in [2.45, 2.75) is 43.4 Å². The molecule has 0 aromatic carbocycles. The summed E-state index contributed by atoms with van der Waals surface area (Å²) in [5, 5.41) is 10.4. The zero-order chi connectivity index (χ0) is 23.6. The number of fused-ring (bicyclic) bond motifs is 1. The summed E-state index contributed by atoms with van der Waals surface area (Å²) in [6.45, 7) is 3.22. The molecule has 3 aromatic rings. The van der Waals surface area contributed by atoms with E-state index in [1.54, 1.807) is 32.2 Å². The molecular formula is C23H24FN5O3S. The van der Waals surface area contributed by atoms with E-state index < -0.39 is 25.9 Å². The number of aliphatic imine (C=N–C) groups is 1. The maximum Gasteiger partial charge on any atom is 0.165 e. The molecular weight excluding hydrogens is 445 g/mol. The summed E-state index contributed by atoms with van der Waals surface area (Å²) in [6, 6.07) is 4.85. The van der Waals surface area contributed by atoms with Crippen LogP contribution in [0.4, 0.5) is 4.39 Å². The van der Waals surface area contributed by atoms with Crippen molar-refractivity contribution in [3.63, 3.8) is 0 Å². The van der Waals surface area contributed by atoms with Gasteiger partial charge in [-0.1, -0.05) is 0 Å². The molecule has 4 heterocycles. The van der Waals surface area contributed by atoms with Gasteiger partial charge in [0.1, 0.15) is 27.7 Å². The predicted octanol–water partition coefficient (Wildman–Crippen LogP) is 2.63. The second-order valence-corrected chi connectivity index (χ2v) is 11.6. The largest absolute Gasteiger partial charge is 0.506 e. The summed E-state index contributed by atoms with van der Waals surface area (Å²) in [4.78, 5) is 17.4. The molecule has 10 heteroatoms. The van der Waals surface area contributed by atoms with E-state index in [0.717, 1.165) is 19.0 Å². The van der Waals surface area contributed by atoms with Crippen molar-refractivity contribution in [1.82, 2.24) is 15.0 Å². The maximum absolute atomic E-state index is 15.0. The molecule has 0 spiro atoms. The fourth-order valence-electron chi connectivity index (χ4n) is 4.72. The maximum atomic E-state index is 15.0. The highest BCUT2D eigenvalue weighted by molar-refractivity contribution is 7.93. The van der Waals surface area contributed by atoms with Crippen LogP contribution in [0.1, 0.15) is 43.6 Å². The smallest absolute Gasteiger partial charge is 0.165 e. The van der Waals surface area contributed by atoms with Crippen LogP contribution < -0.4 is 5.73 Å². The Morgan fingerprint density at radius 1 is 1.18 bits per heavy atom. The van der Waals surface area contributed by atoms with Crippen LogP contribution in [0.15, 0.2) is 41.8 Å². The SMILES string of the molecule is C[C@@]1(c2cc(Cc3nccc4cc(O)cnc34)ncc2F)CS(=O)(=O)[C@@](C)(C2CC2)C(N)=N1. The molecule has 1 fully saturated rings. The van der Waals surface area contributed by atoms with Crippen LogP contribution in [0.2, 0.25) is 0 Å². The highest BCUT2D eigenvalue weighted by atomic mass is 32.2. The average Bonchev–Trinajstić information content (AvgIpc) is 3.58. The van der Waals surface area contributed by atoms with E-state index in [1.165, 1.54) is 12.3 Å². The average molecular weight is 470 g/mol. The molecule has 8 nitrogen and oxygen atoms in total. The van der Waals surface area contributed by atoms with E-state index >= 15 is 0 Å². The van der Waals surface area contributed by atoms with Gasteiger partial charge in [0, 0.05) is 29.3 Å². The third kappa shape index (κ3) is 3.43. The molecule has 2 atom stereocenters. The van der Waals surface area contributed by atoms with Gasteiger partial charge in [0.15, 0.2) is 9.84 Å². The Kier molecular flexibility index (Phi) is 4.72. The van der Waals surface area contributed by atoms with Gasteiger partial charge in [0.05, 0.1) is 29.4 Å². The minimum atomic E-state index is -3.68. The Morgan fingerprint density at radius 2 is 1.94 bits per heavy atom. The minimum Gasteiger partial charge on any atom is -0.506 e. The second-order valence-electron chi connectivity index (χ2n) is 9.27. The van der Waals surface area contributed by atoms with E-state index in [0.29, 0.717) is 22.3 Å². The zero-order valence-electron chi connectivity index (χ0n) is 18.3. The monoisotopic (exact) mass is 469 g/mol. The van der Waals surface area contributed by atoms with Gasteiger partial charge in [-0.05, 0) is 50.8 Å². The van der Waals surface area contributed by atoms with Crippen LogP contribution in [0.5, 0.6) is 5.75 Å². The lowest BCUT2D eigenvalue weighted by Crippen LogP contribution is -2.58. The molecule has 0 bridgehead atoms. The lowest BCUT2D eigenvalue weighted by atomic mass is 9.92. The highest BCUT2D eigenvalue weighted by Gasteiger charge is 2.58.